The molecule has 166 valence electrons. The maximum atomic E-state index is 12.5. The first-order chi connectivity index (χ1) is 14.6. The van der Waals surface area contributed by atoms with Gasteiger partial charge in [0.2, 0.25) is 5.91 Å². The molecule has 31 heavy (non-hydrogen) atoms. The molecule has 1 aliphatic rings. The standard InChI is InChI=1S/C21H27N5O4S/c1-21(2,3)30-20(29)25(4)12-14-6-5-7-15(10-14)23-17(27)11-16-13-31-19(24-16)26-9-8-22-18(26)28/h5-7,10,13H,8-9,11-12H2,1-4H3,(H,22,28)(H,23,27). The van der Waals surface area contributed by atoms with Crippen LogP contribution in [-0.2, 0) is 22.5 Å². The molecule has 1 aromatic heterocycles. The summed E-state index contributed by atoms with van der Waals surface area (Å²) in [6, 6.07) is 7.14. The van der Waals surface area contributed by atoms with E-state index in [0.717, 1.165) is 5.56 Å². The van der Waals surface area contributed by atoms with Gasteiger partial charge in [-0.3, -0.25) is 9.69 Å². The zero-order chi connectivity index (χ0) is 22.6. The zero-order valence-electron chi connectivity index (χ0n) is 18.1. The molecule has 0 unspecified atom stereocenters. The van der Waals surface area contributed by atoms with E-state index in [4.69, 9.17) is 4.74 Å². The maximum Gasteiger partial charge on any atom is 0.410 e. The molecule has 1 saturated heterocycles. The lowest BCUT2D eigenvalue weighted by atomic mass is 10.2. The van der Waals surface area contributed by atoms with Crippen molar-refractivity contribution < 1.29 is 19.1 Å². The number of urea groups is 1. The number of rotatable bonds is 6. The van der Waals surface area contributed by atoms with Gasteiger partial charge in [0.15, 0.2) is 5.13 Å². The molecule has 1 fully saturated rings. The second-order valence-electron chi connectivity index (χ2n) is 8.27. The highest BCUT2D eigenvalue weighted by Gasteiger charge is 2.24. The summed E-state index contributed by atoms with van der Waals surface area (Å²) in [5.74, 6) is -0.208. The highest BCUT2D eigenvalue weighted by Crippen LogP contribution is 2.22. The van der Waals surface area contributed by atoms with Crippen molar-refractivity contribution in [1.29, 1.82) is 0 Å². The number of nitrogens with one attached hydrogen (secondary N) is 2. The Morgan fingerprint density at radius 2 is 2.13 bits per heavy atom. The number of amides is 4. The van der Waals surface area contributed by atoms with E-state index in [-0.39, 0.29) is 18.4 Å². The molecule has 2 N–H and O–H groups in total. The van der Waals surface area contributed by atoms with E-state index in [1.165, 1.54) is 16.2 Å². The van der Waals surface area contributed by atoms with Crippen LogP contribution in [0.3, 0.4) is 0 Å². The largest absolute Gasteiger partial charge is 0.444 e. The van der Waals surface area contributed by atoms with Gasteiger partial charge < -0.3 is 20.3 Å². The molecule has 0 bridgehead atoms. The quantitative estimate of drug-likeness (QED) is 0.711. The first-order valence-electron chi connectivity index (χ1n) is 9.93. The highest BCUT2D eigenvalue weighted by atomic mass is 32.1. The molecule has 10 heteroatoms. The van der Waals surface area contributed by atoms with Gasteiger partial charge in [0.1, 0.15) is 5.60 Å². The molecule has 2 aromatic rings. The van der Waals surface area contributed by atoms with E-state index in [9.17, 15) is 14.4 Å². The van der Waals surface area contributed by atoms with Crippen LogP contribution >= 0.6 is 11.3 Å². The third kappa shape index (κ3) is 6.42. The molecule has 1 aromatic carbocycles. The molecule has 9 nitrogen and oxygen atoms in total. The van der Waals surface area contributed by atoms with Crippen molar-refractivity contribution in [2.45, 2.75) is 39.3 Å². The first kappa shape index (κ1) is 22.5. The van der Waals surface area contributed by atoms with Gasteiger partial charge in [0.25, 0.3) is 0 Å². The minimum atomic E-state index is -0.560. The van der Waals surface area contributed by atoms with Gasteiger partial charge in [-0.1, -0.05) is 12.1 Å². The minimum absolute atomic E-state index is 0.105. The molecule has 4 amide bonds. The van der Waals surface area contributed by atoms with E-state index in [2.05, 4.69) is 15.6 Å². The molecule has 1 aliphatic heterocycles. The number of benzene rings is 1. The number of thiazole rings is 1. The Bertz CT molecular complexity index is 969. The lowest BCUT2D eigenvalue weighted by molar-refractivity contribution is -0.115. The highest BCUT2D eigenvalue weighted by molar-refractivity contribution is 7.14. The van der Waals surface area contributed by atoms with Crippen LogP contribution in [0.25, 0.3) is 0 Å². The van der Waals surface area contributed by atoms with Gasteiger partial charge in [-0.2, -0.15) is 0 Å². The number of anilines is 2. The van der Waals surface area contributed by atoms with Gasteiger partial charge in [-0.25, -0.2) is 14.6 Å². The number of nitrogens with zero attached hydrogens (tertiary/aromatic N) is 3. The lowest BCUT2D eigenvalue weighted by Gasteiger charge is -2.24. The van der Waals surface area contributed by atoms with Crippen LogP contribution in [0.4, 0.5) is 20.4 Å². The molecule has 0 radical (unpaired) electrons. The summed E-state index contributed by atoms with van der Waals surface area (Å²) in [5, 5.41) is 7.96. The Morgan fingerprint density at radius 3 is 2.81 bits per heavy atom. The summed E-state index contributed by atoms with van der Waals surface area (Å²) in [6.45, 7) is 6.97. The number of aromatic nitrogens is 1. The van der Waals surface area contributed by atoms with E-state index in [0.29, 0.717) is 36.1 Å². The smallest absolute Gasteiger partial charge is 0.410 e. The number of carbonyl (C=O) groups is 3. The first-order valence-corrected chi connectivity index (χ1v) is 10.8. The summed E-state index contributed by atoms with van der Waals surface area (Å²) in [4.78, 5) is 43.8. The Balaban J connectivity index is 1.55. The molecule has 0 atom stereocenters. The van der Waals surface area contributed by atoms with Crippen LogP contribution in [0, 0.1) is 0 Å². The van der Waals surface area contributed by atoms with Crippen molar-refractivity contribution in [1.82, 2.24) is 15.2 Å². The van der Waals surface area contributed by atoms with Crippen LogP contribution in [0.5, 0.6) is 0 Å². The van der Waals surface area contributed by atoms with Crippen molar-refractivity contribution in [2.24, 2.45) is 0 Å². The number of carbonyl (C=O) groups excluding carboxylic acids is 3. The van der Waals surface area contributed by atoms with Crippen LogP contribution in [0.1, 0.15) is 32.0 Å². The van der Waals surface area contributed by atoms with E-state index < -0.39 is 11.7 Å². The van der Waals surface area contributed by atoms with E-state index in [1.54, 1.807) is 23.4 Å². The van der Waals surface area contributed by atoms with Crippen molar-refractivity contribution in [3.8, 4) is 0 Å². The normalized spacial score (nSPS) is 13.7. The maximum absolute atomic E-state index is 12.5. The molecular weight excluding hydrogens is 418 g/mol. The van der Waals surface area contributed by atoms with Crippen LogP contribution < -0.4 is 15.5 Å². The molecular formula is C21H27N5O4S. The Hall–Kier alpha value is -3.14. The van der Waals surface area contributed by atoms with Gasteiger partial charge >= 0.3 is 12.1 Å². The Morgan fingerprint density at radius 1 is 1.35 bits per heavy atom. The number of ether oxygens (including phenoxy) is 1. The second kappa shape index (κ2) is 9.34. The monoisotopic (exact) mass is 445 g/mol. The molecule has 2 heterocycles. The molecule has 0 aliphatic carbocycles. The Kier molecular flexibility index (Phi) is 6.79. The van der Waals surface area contributed by atoms with Crippen LogP contribution in [0.2, 0.25) is 0 Å². The van der Waals surface area contributed by atoms with Crippen LogP contribution in [0.15, 0.2) is 29.6 Å². The molecule has 0 spiro atoms. The lowest BCUT2D eigenvalue weighted by Crippen LogP contribution is -2.33. The minimum Gasteiger partial charge on any atom is -0.444 e. The van der Waals surface area contributed by atoms with E-state index in [1.807, 2.05) is 39.0 Å². The topological polar surface area (TPSA) is 104 Å². The summed E-state index contributed by atoms with van der Waals surface area (Å²) in [5.41, 5.74) is 1.55. The van der Waals surface area contributed by atoms with Gasteiger partial charge in [-0.15, -0.1) is 11.3 Å². The third-order valence-corrected chi connectivity index (χ3v) is 5.22. The fourth-order valence-corrected chi connectivity index (χ4v) is 3.80. The summed E-state index contributed by atoms with van der Waals surface area (Å²) in [6.07, 6.45) is -0.304. The van der Waals surface area contributed by atoms with Crippen molar-refractivity contribution >= 4 is 40.2 Å². The average molecular weight is 446 g/mol. The Labute approximate surface area is 185 Å². The van der Waals surface area contributed by atoms with Gasteiger partial charge in [0.05, 0.1) is 12.1 Å². The van der Waals surface area contributed by atoms with Gasteiger partial charge in [0, 0.05) is 37.7 Å². The van der Waals surface area contributed by atoms with Crippen molar-refractivity contribution in [3.05, 3.63) is 40.9 Å². The summed E-state index contributed by atoms with van der Waals surface area (Å²) < 4.78 is 5.36. The predicted molar refractivity (Wildman–Crippen MR) is 119 cm³/mol. The third-order valence-electron chi connectivity index (χ3n) is 4.30. The molecule has 0 saturated carbocycles. The summed E-state index contributed by atoms with van der Waals surface area (Å²) in [7, 11) is 1.67. The van der Waals surface area contributed by atoms with Crippen LogP contribution in [-0.4, -0.2) is 53.7 Å². The van der Waals surface area contributed by atoms with Crippen molar-refractivity contribution in [3.63, 3.8) is 0 Å². The number of hydrogen-bond donors (Lipinski definition) is 2. The second-order valence-corrected chi connectivity index (χ2v) is 9.10. The fourth-order valence-electron chi connectivity index (χ4n) is 2.95. The average Bonchev–Trinajstić information content (AvgIpc) is 3.29. The molecule has 3 rings (SSSR count). The SMILES string of the molecule is CN(Cc1cccc(NC(=O)Cc2csc(N3CCNC3=O)n2)c1)C(=O)OC(C)(C)C. The van der Waals surface area contributed by atoms with E-state index >= 15 is 0 Å². The predicted octanol–water partition coefficient (Wildman–Crippen LogP) is 3.22. The summed E-state index contributed by atoms with van der Waals surface area (Å²) >= 11 is 1.34. The van der Waals surface area contributed by atoms with Gasteiger partial charge in [-0.05, 0) is 38.5 Å². The fraction of sp³-hybridized carbons (Fsp3) is 0.429. The van der Waals surface area contributed by atoms with Crippen molar-refractivity contribution in [2.75, 3.05) is 30.4 Å². The number of hydrogen-bond acceptors (Lipinski definition) is 6. The zero-order valence-corrected chi connectivity index (χ0v) is 18.9.